The maximum absolute atomic E-state index is 11.2. The number of ether oxygens (including phenoxy) is 1. The predicted molar refractivity (Wildman–Crippen MR) is 53.6 cm³/mol. The molecule has 1 unspecified atom stereocenters. The first kappa shape index (κ1) is 11.6. The Morgan fingerprint density at radius 3 is 2.62 bits per heavy atom. The van der Waals surface area contributed by atoms with Crippen molar-refractivity contribution >= 4 is 11.7 Å². The SMILES string of the molecule is C=CN=C(C=C)C(C)C(=O)OCC. The van der Waals surface area contributed by atoms with Gasteiger partial charge >= 0.3 is 5.97 Å². The van der Waals surface area contributed by atoms with E-state index in [2.05, 4.69) is 18.2 Å². The highest BCUT2D eigenvalue weighted by atomic mass is 16.5. The molecule has 13 heavy (non-hydrogen) atoms. The molecule has 0 aliphatic rings. The molecule has 0 heterocycles. The van der Waals surface area contributed by atoms with Crippen molar-refractivity contribution in [1.82, 2.24) is 0 Å². The zero-order chi connectivity index (χ0) is 10.3. The third-order valence-corrected chi connectivity index (χ3v) is 1.53. The molecule has 0 saturated heterocycles. The molecular formula is C10H15NO2. The highest BCUT2D eigenvalue weighted by molar-refractivity contribution is 6.07. The number of aliphatic imine (C=N–C) groups is 1. The number of carbonyl (C=O) groups excluding carboxylic acids is 1. The van der Waals surface area contributed by atoms with Crippen LogP contribution in [0.4, 0.5) is 0 Å². The molecule has 0 N–H and O–H groups in total. The van der Waals surface area contributed by atoms with Crippen molar-refractivity contribution in [2.24, 2.45) is 10.9 Å². The van der Waals surface area contributed by atoms with E-state index >= 15 is 0 Å². The molecule has 1 atom stereocenters. The molecule has 0 amide bonds. The summed E-state index contributed by atoms with van der Waals surface area (Å²) in [5.74, 6) is -0.668. The van der Waals surface area contributed by atoms with Gasteiger partial charge < -0.3 is 4.74 Å². The van der Waals surface area contributed by atoms with E-state index in [0.717, 1.165) is 0 Å². The molecule has 0 aromatic heterocycles. The molecule has 3 heteroatoms. The second-order valence-corrected chi connectivity index (χ2v) is 2.41. The van der Waals surface area contributed by atoms with Gasteiger partial charge in [-0.05, 0) is 19.9 Å². The maximum atomic E-state index is 11.2. The van der Waals surface area contributed by atoms with Gasteiger partial charge in [0.05, 0.1) is 18.2 Å². The molecule has 0 spiro atoms. The molecule has 0 saturated carbocycles. The highest BCUT2D eigenvalue weighted by Gasteiger charge is 2.17. The number of esters is 1. The molecule has 72 valence electrons. The van der Waals surface area contributed by atoms with Gasteiger partial charge in [-0.25, -0.2) is 0 Å². The summed E-state index contributed by atoms with van der Waals surface area (Å²) in [6.07, 6.45) is 2.91. The average Bonchev–Trinajstić information content (AvgIpc) is 2.13. The van der Waals surface area contributed by atoms with E-state index in [1.54, 1.807) is 13.8 Å². The third-order valence-electron chi connectivity index (χ3n) is 1.53. The van der Waals surface area contributed by atoms with E-state index in [9.17, 15) is 4.79 Å². The van der Waals surface area contributed by atoms with Crippen molar-refractivity contribution in [1.29, 1.82) is 0 Å². The molecule has 0 aliphatic heterocycles. The predicted octanol–water partition coefficient (Wildman–Crippen LogP) is 1.96. The molecule has 3 nitrogen and oxygen atoms in total. The van der Waals surface area contributed by atoms with Crippen molar-refractivity contribution in [2.75, 3.05) is 6.61 Å². The second-order valence-electron chi connectivity index (χ2n) is 2.41. The third kappa shape index (κ3) is 3.69. The molecule has 0 rings (SSSR count). The molecule has 0 bridgehead atoms. The fraction of sp³-hybridized carbons (Fsp3) is 0.400. The Labute approximate surface area is 78.8 Å². The van der Waals surface area contributed by atoms with E-state index in [0.29, 0.717) is 12.3 Å². The first-order valence-corrected chi connectivity index (χ1v) is 4.15. The minimum Gasteiger partial charge on any atom is -0.465 e. The minimum absolute atomic E-state index is 0.289. The van der Waals surface area contributed by atoms with Crippen LogP contribution in [0.2, 0.25) is 0 Å². The smallest absolute Gasteiger partial charge is 0.314 e. The number of hydrogen-bond acceptors (Lipinski definition) is 3. The summed E-state index contributed by atoms with van der Waals surface area (Å²) in [5, 5.41) is 0. The standard InChI is InChI=1S/C10H15NO2/c1-5-9(11-6-2)8(4)10(12)13-7-3/h5-6,8H,1-2,7H2,3-4H3. The molecule has 0 radical (unpaired) electrons. The summed E-state index contributed by atoms with van der Waals surface area (Å²) in [4.78, 5) is 15.1. The molecule has 0 aromatic rings. The van der Waals surface area contributed by atoms with E-state index < -0.39 is 0 Å². The maximum Gasteiger partial charge on any atom is 0.314 e. The lowest BCUT2D eigenvalue weighted by atomic mass is 10.1. The number of rotatable bonds is 5. The van der Waals surface area contributed by atoms with Crippen LogP contribution in [-0.4, -0.2) is 18.3 Å². The van der Waals surface area contributed by atoms with E-state index in [1.807, 2.05) is 0 Å². The number of carbonyl (C=O) groups is 1. The lowest BCUT2D eigenvalue weighted by Crippen LogP contribution is -2.21. The van der Waals surface area contributed by atoms with Gasteiger partial charge in [0.15, 0.2) is 0 Å². The van der Waals surface area contributed by atoms with Crippen LogP contribution in [0.3, 0.4) is 0 Å². The van der Waals surface area contributed by atoms with Crippen LogP contribution in [0, 0.1) is 5.92 Å². The van der Waals surface area contributed by atoms with Gasteiger partial charge in [-0.1, -0.05) is 13.2 Å². The van der Waals surface area contributed by atoms with Crippen LogP contribution >= 0.6 is 0 Å². The number of nitrogens with zero attached hydrogens (tertiary/aromatic N) is 1. The summed E-state index contributed by atoms with van der Waals surface area (Å²) in [5.41, 5.74) is 0.577. The van der Waals surface area contributed by atoms with Gasteiger partial charge in [0.1, 0.15) is 0 Å². The van der Waals surface area contributed by atoms with Gasteiger partial charge in [0.2, 0.25) is 0 Å². The molecular weight excluding hydrogens is 166 g/mol. The minimum atomic E-state index is -0.379. The second kappa shape index (κ2) is 6.17. The topological polar surface area (TPSA) is 38.7 Å². The number of hydrogen-bond donors (Lipinski definition) is 0. The summed E-state index contributed by atoms with van der Waals surface area (Å²) in [7, 11) is 0. The van der Waals surface area contributed by atoms with Crippen LogP contribution in [0.5, 0.6) is 0 Å². The lowest BCUT2D eigenvalue weighted by molar-refractivity contribution is -0.145. The summed E-state index contributed by atoms with van der Waals surface area (Å²) < 4.78 is 4.83. The monoisotopic (exact) mass is 181 g/mol. The van der Waals surface area contributed by atoms with Gasteiger partial charge in [0, 0.05) is 6.20 Å². The largest absolute Gasteiger partial charge is 0.465 e. The van der Waals surface area contributed by atoms with Crippen molar-refractivity contribution in [3.63, 3.8) is 0 Å². The molecule has 0 aliphatic carbocycles. The fourth-order valence-electron chi connectivity index (χ4n) is 0.835. The first-order chi connectivity index (χ1) is 6.17. The van der Waals surface area contributed by atoms with E-state index in [-0.39, 0.29) is 11.9 Å². The van der Waals surface area contributed by atoms with Gasteiger partial charge in [-0.15, -0.1) is 0 Å². The summed E-state index contributed by atoms with van der Waals surface area (Å²) in [6, 6.07) is 0. The zero-order valence-electron chi connectivity index (χ0n) is 8.12. The Balaban J connectivity index is 4.45. The van der Waals surface area contributed by atoms with Crippen LogP contribution in [0.25, 0.3) is 0 Å². The summed E-state index contributed by atoms with van der Waals surface area (Å²) in [6.45, 7) is 10.9. The number of allylic oxidation sites excluding steroid dienone is 1. The van der Waals surface area contributed by atoms with Crippen molar-refractivity contribution in [3.05, 3.63) is 25.4 Å². The lowest BCUT2D eigenvalue weighted by Gasteiger charge is -2.09. The molecule has 0 fully saturated rings. The fourth-order valence-corrected chi connectivity index (χ4v) is 0.835. The van der Waals surface area contributed by atoms with Crippen LogP contribution in [0.15, 0.2) is 30.4 Å². The summed E-state index contributed by atoms with van der Waals surface area (Å²) >= 11 is 0. The average molecular weight is 181 g/mol. The van der Waals surface area contributed by atoms with Gasteiger partial charge in [0.25, 0.3) is 0 Å². The van der Waals surface area contributed by atoms with Gasteiger partial charge in [-0.3, -0.25) is 9.79 Å². The first-order valence-electron chi connectivity index (χ1n) is 4.15. The molecule has 0 aromatic carbocycles. The van der Waals surface area contributed by atoms with E-state index in [4.69, 9.17) is 4.74 Å². The Hall–Kier alpha value is -1.38. The highest BCUT2D eigenvalue weighted by Crippen LogP contribution is 2.03. The van der Waals surface area contributed by atoms with Crippen molar-refractivity contribution < 1.29 is 9.53 Å². The Kier molecular flexibility index (Phi) is 5.52. The van der Waals surface area contributed by atoms with Crippen molar-refractivity contribution in [2.45, 2.75) is 13.8 Å². The Bertz CT molecular complexity index is 231. The van der Waals surface area contributed by atoms with E-state index in [1.165, 1.54) is 12.3 Å². The Morgan fingerprint density at radius 1 is 1.62 bits per heavy atom. The van der Waals surface area contributed by atoms with Gasteiger partial charge in [-0.2, -0.15) is 0 Å². The normalized spacial score (nSPS) is 13.2. The van der Waals surface area contributed by atoms with Crippen LogP contribution in [0.1, 0.15) is 13.8 Å². The van der Waals surface area contributed by atoms with Crippen LogP contribution in [-0.2, 0) is 9.53 Å². The Morgan fingerprint density at radius 2 is 2.23 bits per heavy atom. The van der Waals surface area contributed by atoms with Crippen molar-refractivity contribution in [3.8, 4) is 0 Å². The quantitative estimate of drug-likeness (QED) is 0.480. The zero-order valence-corrected chi connectivity index (χ0v) is 8.12. The van der Waals surface area contributed by atoms with Crippen LogP contribution < -0.4 is 0 Å².